The summed E-state index contributed by atoms with van der Waals surface area (Å²) < 4.78 is 0. The molecule has 1 atom stereocenters. The van der Waals surface area contributed by atoms with Crippen LogP contribution in [0.25, 0.3) is 0 Å². The van der Waals surface area contributed by atoms with Crippen molar-refractivity contribution in [2.75, 3.05) is 0 Å². The van der Waals surface area contributed by atoms with Crippen LogP contribution in [0.4, 0.5) is 0 Å². The number of nitrogens with one attached hydrogen (secondary N) is 1. The van der Waals surface area contributed by atoms with Gasteiger partial charge >= 0.3 is 0 Å². The summed E-state index contributed by atoms with van der Waals surface area (Å²) in [6.07, 6.45) is 0. The predicted molar refractivity (Wildman–Crippen MR) is 71.2 cm³/mol. The van der Waals surface area contributed by atoms with Crippen molar-refractivity contribution >= 4 is 34.9 Å². The van der Waals surface area contributed by atoms with Crippen molar-refractivity contribution in [3.05, 3.63) is 33.3 Å². The van der Waals surface area contributed by atoms with Crippen molar-refractivity contribution in [2.24, 2.45) is 0 Å². The summed E-state index contributed by atoms with van der Waals surface area (Å²) in [5.41, 5.74) is 0.412. The van der Waals surface area contributed by atoms with Gasteiger partial charge in [-0.15, -0.1) is 0 Å². The molecule has 18 heavy (non-hydrogen) atoms. The third-order valence-corrected chi connectivity index (χ3v) is 3.71. The van der Waals surface area contributed by atoms with E-state index in [4.69, 9.17) is 23.2 Å². The molecular weight excluding hydrogens is 273 g/mol. The number of carbonyl (C=O) groups excluding carboxylic acids is 2. The Morgan fingerprint density at radius 1 is 1.17 bits per heavy atom. The van der Waals surface area contributed by atoms with E-state index >= 15 is 0 Å². The minimum absolute atomic E-state index is 0.208. The number of benzene rings is 1. The average Bonchev–Trinajstić information content (AvgIpc) is 2.38. The number of Topliss-reactive ketones (excluding diaryl/α,β-unsaturated/α-hetero) is 1. The van der Waals surface area contributed by atoms with Crippen LogP contribution in [0.1, 0.15) is 30.9 Å². The van der Waals surface area contributed by atoms with E-state index in [1.54, 1.807) is 26.0 Å². The zero-order valence-corrected chi connectivity index (χ0v) is 11.8. The second-order valence-electron chi connectivity index (χ2n) is 5.05. The molecule has 1 unspecified atom stereocenters. The van der Waals surface area contributed by atoms with Crippen molar-refractivity contribution in [3.8, 4) is 0 Å². The molecule has 2 rings (SSSR count). The summed E-state index contributed by atoms with van der Waals surface area (Å²) in [5, 5.41) is 3.36. The van der Waals surface area contributed by atoms with E-state index in [9.17, 15) is 9.59 Å². The Labute approximate surface area is 115 Å². The number of ketones is 1. The molecule has 0 aromatic heterocycles. The number of halogens is 2. The molecule has 96 valence electrons. The van der Waals surface area contributed by atoms with Gasteiger partial charge in [0.15, 0.2) is 5.78 Å². The third kappa shape index (κ3) is 2.02. The zero-order chi connectivity index (χ0) is 13.7. The highest BCUT2D eigenvalue weighted by atomic mass is 35.5. The van der Waals surface area contributed by atoms with Crippen LogP contribution in [0.15, 0.2) is 12.1 Å². The van der Waals surface area contributed by atoms with Gasteiger partial charge in [-0.05, 0) is 38.5 Å². The molecule has 0 saturated carbocycles. The lowest BCUT2D eigenvalue weighted by molar-refractivity contribution is -0.125. The quantitative estimate of drug-likeness (QED) is 0.807. The smallest absolute Gasteiger partial charge is 0.236 e. The summed E-state index contributed by atoms with van der Waals surface area (Å²) in [6, 6.07) is 3.41. The van der Waals surface area contributed by atoms with Crippen LogP contribution < -0.4 is 5.32 Å². The maximum absolute atomic E-state index is 12.2. The Morgan fingerprint density at radius 2 is 1.67 bits per heavy atom. The molecule has 1 aromatic rings. The van der Waals surface area contributed by atoms with Crippen molar-refractivity contribution in [3.63, 3.8) is 0 Å². The number of carbonyl (C=O) groups is 2. The second-order valence-corrected chi connectivity index (χ2v) is 5.87. The first kappa shape index (κ1) is 13.4. The van der Waals surface area contributed by atoms with Gasteiger partial charge in [0.2, 0.25) is 5.91 Å². The lowest BCUT2D eigenvalue weighted by Crippen LogP contribution is -2.39. The van der Waals surface area contributed by atoms with E-state index in [1.165, 1.54) is 0 Å². The zero-order valence-electron chi connectivity index (χ0n) is 10.3. The fourth-order valence-corrected chi connectivity index (χ4v) is 2.99. The maximum atomic E-state index is 12.2. The molecule has 5 heteroatoms. The van der Waals surface area contributed by atoms with Crippen molar-refractivity contribution in [1.82, 2.24) is 5.32 Å². The van der Waals surface area contributed by atoms with E-state index in [-0.39, 0.29) is 11.7 Å². The summed E-state index contributed by atoms with van der Waals surface area (Å²) >= 11 is 12.2. The fraction of sp³-hybridized carbons (Fsp3) is 0.385. The van der Waals surface area contributed by atoms with Crippen LogP contribution in [-0.2, 0) is 9.59 Å². The first-order chi connectivity index (χ1) is 8.24. The summed E-state index contributed by atoms with van der Waals surface area (Å²) in [4.78, 5) is 24.2. The summed E-state index contributed by atoms with van der Waals surface area (Å²) in [7, 11) is 0. The van der Waals surface area contributed by atoms with Crippen LogP contribution in [0.5, 0.6) is 0 Å². The van der Waals surface area contributed by atoms with Gasteiger partial charge in [0.05, 0.1) is 5.54 Å². The molecule has 1 aromatic carbocycles. The number of amides is 1. The molecule has 1 fully saturated rings. The molecular formula is C13H13Cl2NO2. The Kier molecular flexibility index (Phi) is 3.16. The first-order valence-corrected chi connectivity index (χ1v) is 6.31. The molecule has 3 nitrogen and oxygen atoms in total. The van der Waals surface area contributed by atoms with Gasteiger partial charge < -0.3 is 5.32 Å². The number of hydrogen-bond acceptors (Lipinski definition) is 2. The predicted octanol–water partition coefficient (Wildman–Crippen LogP) is 2.86. The second kappa shape index (κ2) is 4.25. The molecule has 1 amide bonds. The van der Waals surface area contributed by atoms with Crippen molar-refractivity contribution < 1.29 is 9.59 Å². The monoisotopic (exact) mass is 285 g/mol. The molecule has 1 heterocycles. The molecule has 1 aliphatic heterocycles. The van der Waals surface area contributed by atoms with Gasteiger partial charge in [0.1, 0.15) is 5.92 Å². The molecule has 1 saturated heterocycles. The van der Waals surface area contributed by atoms with Crippen LogP contribution in [0.3, 0.4) is 0 Å². The lowest BCUT2D eigenvalue weighted by atomic mass is 9.89. The highest BCUT2D eigenvalue weighted by Crippen LogP contribution is 2.38. The van der Waals surface area contributed by atoms with Gasteiger partial charge in [0, 0.05) is 15.6 Å². The molecule has 0 spiro atoms. The van der Waals surface area contributed by atoms with Crippen LogP contribution in [0.2, 0.25) is 10.0 Å². The maximum Gasteiger partial charge on any atom is 0.236 e. The third-order valence-electron chi connectivity index (χ3n) is 3.09. The van der Waals surface area contributed by atoms with Crippen LogP contribution >= 0.6 is 23.2 Å². The van der Waals surface area contributed by atoms with E-state index in [0.29, 0.717) is 15.6 Å². The number of rotatable bonds is 1. The number of aryl methyl sites for hydroxylation is 1. The van der Waals surface area contributed by atoms with Gasteiger partial charge in [-0.2, -0.15) is 0 Å². The lowest BCUT2D eigenvalue weighted by Gasteiger charge is -2.16. The van der Waals surface area contributed by atoms with Gasteiger partial charge in [-0.25, -0.2) is 0 Å². The summed E-state index contributed by atoms with van der Waals surface area (Å²) in [6.45, 7) is 5.19. The number of hydrogen-bond donors (Lipinski definition) is 1. The van der Waals surface area contributed by atoms with E-state index in [1.807, 2.05) is 6.92 Å². The topological polar surface area (TPSA) is 46.2 Å². The van der Waals surface area contributed by atoms with Gasteiger partial charge in [-0.1, -0.05) is 23.2 Å². The molecule has 1 N–H and O–H groups in total. The first-order valence-electron chi connectivity index (χ1n) is 5.56. The Hall–Kier alpha value is -1.06. The molecule has 1 aliphatic rings. The van der Waals surface area contributed by atoms with Crippen molar-refractivity contribution in [1.29, 1.82) is 0 Å². The molecule has 0 radical (unpaired) electrons. The van der Waals surface area contributed by atoms with Crippen LogP contribution in [-0.4, -0.2) is 17.2 Å². The fourth-order valence-electron chi connectivity index (χ4n) is 2.17. The Balaban J connectivity index is 2.57. The Bertz CT molecular complexity index is 529. The van der Waals surface area contributed by atoms with E-state index < -0.39 is 11.5 Å². The normalized spacial score (nSPS) is 22.2. The van der Waals surface area contributed by atoms with Crippen LogP contribution in [0, 0.1) is 6.92 Å². The minimum Gasteiger partial charge on any atom is -0.343 e. The standard InChI is InChI=1S/C13H13Cl2NO2/c1-6-4-7(14)9(8(15)5-6)10-11(17)13(2,3)16-12(10)18/h4-5,10H,1-3H3,(H,16,18). The Morgan fingerprint density at radius 3 is 2.06 bits per heavy atom. The largest absolute Gasteiger partial charge is 0.343 e. The van der Waals surface area contributed by atoms with E-state index in [2.05, 4.69) is 5.32 Å². The van der Waals surface area contributed by atoms with Gasteiger partial charge in [0.25, 0.3) is 0 Å². The van der Waals surface area contributed by atoms with E-state index in [0.717, 1.165) is 5.56 Å². The minimum atomic E-state index is -0.916. The average molecular weight is 286 g/mol. The van der Waals surface area contributed by atoms with Crippen molar-refractivity contribution in [2.45, 2.75) is 32.2 Å². The SMILES string of the molecule is Cc1cc(Cl)c(C2C(=O)NC(C)(C)C2=O)c(Cl)c1. The summed E-state index contributed by atoms with van der Waals surface area (Å²) in [5.74, 6) is -1.47. The molecule has 0 bridgehead atoms. The highest BCUT2D eigenvalue weighted by Gasteiger charge is 2.48. The van der Waals surface area contributed by atoms with Gasteiger partial charge in [-0.3, -0.25) is 9.59 Å². The highest BCUT2D eigenvalue weighted by molar-refractivity contribution is 6.38. The molecule has 0 aliphatic carbocycles.